The van der Waals surface area contributed by atoms with E-state index in [1.54, 1.807) is 13.2 Å². The van der Waals surface area contributed by atoms with Crippen LogP contribution >= 0.6 is 0 Å². The third-order valence-electron chi connectivity index (χ3n) is 3.87. The smallest absolute Gasteiger partial charge is 0.235 e. The summed E-state index contributed by atoms with van der Waals surface area (Å²) in [5.74, 6) is 0.890. The molecule has 3 heteroatoms. The number of isocyanates is 1. The van der Waals surface area contributed by atoms with E-state index in [0.29, 0.717) is 0 Å². The molecule has 1 aliphatic rings. The monoisotopic (exact) mass is 245 g/mol. The predicted octanol–water partition coefficient (Wildman–Crippen LogP) is 3.36. The van der Waals surface area contributed by atoms with Crippen molar-refractivity contribution in [3.05, 3.63) is 29.3 Å². The first kappa shape index (κ1) is 12.8. The molecular formula is C15H19NO2. The van der Waals surface area contributed by atoms with E-state index in [9.17, 15) is 4.79 Å². The van der Waals surface area contributed by atoms with Gasteiger partial charge in [0.05, 0.1) is 7.11 Å². The molecule has 1 saturated carbocycles. The van der Waals surface area contributed by atoms with Gasteiger partial charge >= 0.3 is 0 Å². The van der Waals surface area contributed by atoms with Crippen LogP contribution in [0, 0.1) is 0 Å². The maximum Gasteiger partial charge on any atom is 0.235 e. The van der Waals surface area contributed by atoms with Crippen LogP contribution in [0.15, 0.2) is 23.2 Å². The van der Waals surface area contributed by atoms with Gasteiger partial charge in [-0.1, -0.05) is 38.0 Å². The van der Waals surface area contributed by atoms with Gasteiger partial charge in [0.1, 0.15) is 11.3 Å². The average Bonchev–Trinajstić information content (AvgIpc) is 2.87. The summed E-state index contributed by atoms with van der Waals surface area (Å²) in [5, 5.41) is 0. The predicted molar refractivity (Wildman–Crippen MR) is 70.6 cm³/mol. The van der Waals surface area contributed by atoms with Crippen molar-refractivity contribution in [3.63, 3.8) is 0 Å². The van der Waals surface area contributed by atoms with Crippen LogP contribution in [0.3, 0.4) is 0 Å². The highest BCUT2D eigenvalue weighted by molar-refractivity contribution is 5.48. The maximum atomic E-state index is 10.8. The number of hydrogen-bond acceptors (Lipinski definition) is 3. The van der Waals surface area contributed by atoms with E-state index >= 15 is 0 Å². The molecule has 0 bridgehead atoms. The fourth-order valence-corrected chi connectivity index (χ4v) is 2.96. The largest absolute Gasteiger partial charge is 0.496 e. The summed E-state index contributed by atoms with van der Waals surface area (Å²) in [6.07, 6.45) is 6.69. The van der Waals surface area contributed by atoms with Crippen molar-refractivity contribution in [1.82, 2.24) is 0 Å². The minimum Gasteiger partial charge on any atom is -0.496 e. The van der Waals surface area contributed by atoms with Crippen LogP contribution in [-0.4, -0.2) is 13.2 Å². The first-order valence-electron chi connectivity index (χ1n) is 6.53. The second kappa shape index (κ2) is 5.36. The molecule has 0 unspecified atom stereocenters. The van der Waals surface area contributed by atoms with Gasteiger partial charge in [-0.3, -0.25) is 0 Å². The fraction of sp³-hybridized carbons (Fsp3) is 0.533. The van der Waals surface area contributed by atoms with Crippen LogP contribution < -0.4 is 4.74 Å². The number of carbonyl (C=O) groups excluding carboxylic acids is 1. The molecule has 0 amide bonds. The molecule has 2 rings (SSSR count). The van der Waals surface area contributed by atoms with Gasteiger partial charge < -0.3 is 4.74 Å². The second-order valence-corrected chi connectivity index (χ2v) is 4.79. The Kier molecular flexibility index (Phi) is 3.83. The summed E-state index contributed by atoms with van der Waals surface area (Å²) >= 11 is 0. The van der Waals surface area contributed by atoms with E-state index in [4.69, 9.17) is 4.74 Å². The Morgan fingerprint density at radius 1 is 1.39 bits per heavy atom. The van der Waals surface area contributed by atoms with E-state index in [0.717, 1.165) is 43.4 Å². The van der Waals surface area contributed by atoms with E-state index in [-0.39, 0.29) is 0 Å². The molecule has 0 atom stereocenters. The molecule has 1 fully saturated rings. The van der Waals surface area contributed by atoms with E-state index < -0.39 is 5.54 Å². The van der Waals surface area contributed by atoms with Gasteiger partial charge in [0, 0.05) is 5.56 Å². The van der Waals surface area contributed by atoms with Gasteiger partial charge in [-0.2, -0.15) is 4.99 Å². The zero-order valence-corrected chi connectivity index (χ0v) is 11.0. The molecule has 1 aromatic rings. The summed E-state index contributed by atoms with van der Waals surface area (Å²) in [6.45, 7) is 2.10. The molecular weight excluding hydrogens is 226 g/mol. The molecule has 3 nitrogen and oxygen atoms in total. The normalized spacial score (nSPS) is 17.2. The number of ether oxygens (including phenoxy) is 1. The van der Waals surface area contributed by atoms with E-state index in [1.807, 2.05) is 12.1 Å². The van der Waals surface area contributed by atoms with Gasteiger partial charge in [0.25, 0.3) is 0 Å². The van der Waals surface area contributed by atoms with Crippen LogP contribution in [0.25, 0.3) is 0 Å². The Morgan fingerprint density at radius 3 is 2.67 bits per heavy atom. The summed E-state index contributed by atoms with van der Waals surface area (Å²) in [4.78, 5) is 14.9. The molecule has 96 valence electrons. The number of methoxy groups -OCH3 is 1. The molecule has 0 aliphatic heterocycles. The number of hydrogen-bond donors (Lipinski definition) is 0. The molecule has 0 spiro atoms. The van der Waals surface area contributed by atoms with Gasteiger partial charge in [0.2, 0.25) is 6.08 Å². The summed E-state index contributed by atoms with van der Waals surface area (Å²) in [7, 11) is 1.69. The van der Waals surface area contributed by atoms with Crippen molar-refractivity contribution >= 4 is 6.08 Å². The van der Waals surface area contributed by atoms with Crippen molar-refractivity contribution in [3.8, 4) is 5.75 Å². The minimum atomic E-state index is -0.404. The Hall–Kier alpha value is -1.60. The first-order chi connectivity index (χ1) is 8.77. The van der Waals surface area contributed by atoms with Crippen LogP contribution in [-0.2, 0) is 16.8 Å². The number of rotatable bonds is 4. The number of nitrogens with zero attached hydrogens (tertiary/aromatic N) is 1. The molecule has 1 aliphatic carbocycles. The molecule has 0 heterocycles. The lowest BCUT2D eigenvalue weighted by Gasteiger charge is -2.26. The number of para-hydroxylation sites is 1. The molecule has 0 aromatic heterocycles. The van der Waals surface area contributed by atoms with Gasteiger partial charge in [-0.25, -0.2) is 4.79 Å². The van der Waals surface area contributed by atoms with Crippen LogP contribution in [0.2, 0.25) is 0 Å². The lowest BCUT2D eigenvalue weighted by molar-refractivity contribution is 0.375. The SMILES string of the molecule is CCc1cccc(C2(N=C=O)CCCC2)c1OC. The second-order valence-electron chi connectivity index (χ2n) is 4.79. The van der Waals surface area contributed by atoms with Crippen molar-refractivity contribution in [2.45, 2.75) is 44.6 Å². The summed E-state index contributed by atoms with van der Waals surface area (Å²) in [5.41, 5.74) is 1.81. The van der Waals surface area contributed by atoms with Crippen LogP contribution in [0.1, 0.15) is 43.7 Å². The molecule has 18 heavy (non-hydrogen) atoms. The van der Waals surface area contributed by atoms with E-state index in [2.05, 4.69) is 18.0 Å². The van der Waals surface area contributed by atoms with Gasteiger partial charge in [-0.05, 0) is 24.8 Å². The lowest BCUT2D eigenvalue weighted by atomic mass is 9.86. The number of benzene rings is 1. The van der Waals surface area contributed by atoms with E-state index in [1.165, 1.54) is 5.56 Å². The Morgan fingerprint density at radius 2 is 2.11 bits per heavy atom. The molecule has 0 radical (unpaired) electrons. The quantitative estimate of drug-likeness (QED) is 0.602. The molecule has 0 N–H and O–H groups in total. The summed E-state index contributed by atoms with van der Waals surface area (Å²) < 4.78 is 5.56. The van der Waals surface area contributed by atoms with Crippen molar-refractivity contribution in [1.29, 1.82) is 0 Å². The van der Waals surface area contributed by atoms with Crippen LogP contribution in [0.4, 0.5) is 0 Å². The van der Waals surface area contributed by atoms with Crippen LogP contribution in [0.5, 0.6) is 5.75 Å². The van der Waals surface area contributed by atoms with Crippen molar-refractivity contribution in [2.24, 2.45) is 4.99 Å². The highest BCUT2D eigenvalue weighted by atomic mass is 16.5. The third kappa shape index (κ3) is 2.06. The topological polar surface area (TPSA) is 38.7 Å². The molecule has 0 saturated heterocycles. The number of aliphatic imine (C=N–C) groups is 1. The Labute approximate surface area is 108 Å². The van der Waals surface area contributed by atoms with Crippen molar-refractivity contribution < 1.29 is 9.53 Å². The zero-order chi connectivity index (χ0) is 13.0. The first-order valence-corrected chi connectivity index (χ1v) is 6.53. The Balaban J connectivity index is 2.57. The van der Waals surface area contributed by atoms with Crippen molar-refractivity contribution in [2.75, 3.05) is 7.11 Å². The molecule has 1 aromatic carbocycles. The summed E-state index contributed by atoms with van der Waals surface area (Å²) in [6, 6.07) is 6.12. The van der Waals surface area contributed by atoms with Gasteiger partial charge in [-0.15, -0.1) is 0 Å². The standard InChI is InChI=1S/C15H19NO2/c1-3-12-7-6-8-13(14(12)18-2)15(16-11-17)9-4-5-10-15/h6-8H,3-5,9-10H2,1-2H3. The fourth-order valence-electron chi connectivity index (χ4n) is 2.96. The average molecular weight is 245 g/mol. The number of aryl methyl sites for hydroxylation is 1. The minimum absolute atomic E-state index is 0.404. The zero-order valence-electron chi connectivity index (χ0n) is 11.0. The highest BCUT2D eigenvalue weighted by Crippen LogP contribution is 2.46. The lowest BCUT2D eigenvalue weighted by Crippen LogP contribution is -2.20. The van der Waals surface area contributed by atoms with Gasteiger partial charge in [0.15, 0.2) is 0 Å². The third-order valence-corrected chi connectivity index (χ3v) is 3.87. The highest BCUT2D eigenvalue weighted by Gasteiger charge is 2.38. The Bertz CT molecular complexity index is 469. The maximum absolute atomic E-state index is 10.8.